The molecule has 2 nitrogen and oxygen atoms in total. The fourth-order valence-electron chi connectivity index (χ4n) is 1.65. The highest BCUT2D eigenvalue weighted by Crippen LogP contribution is 2.35. The largest absolute Gasteiger partial charge is 0.491 e. The van der Waals surface area contributed by atoms with E-state index in [2.05, 4.69) is 12.2 Å². The molecule has 1 aliphatic carbocycles. The second-order valence-electron chi connectivity index (χ2n) is 4.41. The standard InChI is InChI=1S/C13H17Cl2NO/c1-2-16-7-10-5-11(14)6-12(15)13(10)17-8-9-3-4-9/h5-6,9,16H,2-4,7-8H2,1H3. The zero-order valence-electron chi connectivity index (χ0n) is 9.93. The minimum atomic E-state index is 0.603. The SMILES string of the molecule is CCNCc1cc(Cl)cc(Cl)c1OCC1CC1. The minimum Gasteiger partial charge on any atom is -0.491 e. The molecule has 0 unspecified atom stereocenters. The van der Waals surface area contributed by atoms with Gasteiger partial charge in [0.15, 0.2) is 0 Å². The van der Waals surface area contributed by atoms with Crippen molar-refractivity contribution in [1.29, 1.82) is 0 Å². The van der Waals surface area contributed by atoms with Gasteiger partial charge >= 0.3 is 0 Å². The maximum atomic E-state index is 6.18. The lowest BCUT2D eigenvalue weighted by Gasteiger charge is -2.14. The van der Waals surface area contributed by atoms with Crippen molar-refractivity contribution in [2.45, 2.75) is 26.3 Å². The molecule has 0 radical (unpaired) electrons. The minimum absolute atomic E-state index is 0.603. The molecule has 0 amide bonds. The fourth-order valence-corrected chi connectivity index (χ4v) is 2.24. The monoisotopic (exact) mass is 273 g/mol. The zero-order valence-corrected chi connectivity index (χ0v) is 11.4. The van der Waals surface area contributed by atoms with E-state index in [4.69, 9.17) is 27.9 Å². The van der Waals surface area contributed by atoms with Crippen molar-refractivity contribution in [3.8, 4) is 5.75 Å². The lowest BCUT2D eigenvalue weighted by Crippen LogP contribution is -2.13. The molecular formula is C13H17Cl2NO. The third-order valence-electron chi connectivity index (χ3n) is 2.81. The molecule has 94 valence electrons. The molecule has 2 rings (SSSR count). The van der Waals surface area contributed by atoms with Crippen LogP contribution in [0.25, 0.3) is 0 Å². The van der Waals surface area contributed by atoms with Crippen LogP contribution in [-0.2, 0) is 6.54 Å². The Hall–Kier alpha value is -0.440. The van der Waals surface area contributed by atoms with Crippen LogP contribution in [0.15, 0.2) is 12.1 Å². The third kappa shape index (κ3) is 3.77. The maximum Gasteiger partial charge on any atom is 0.142 e. The quantitative estimate of drug-likeness (QED) is 0.849. The highest BCUT2D eigenvalue weighted by Gasteiger charge is 2.23. The van der Waals surface area contributed by atoms with Crippen LogP contribution in [0.2, 0.25) is 10.0 Å². The van der Waals surface area contributed by atoms with Crippen molar-refractivity contribution in [2.24, 2.45) is 5.92 Å². The molecule has 1 aromatic carbocycles. The molecule has 0 aromatic heterocycles. The van der Waals surface area contributed by atoms with Crippen molar-refractivity contribution in [3.05, 3.63) is 27.7 Å². The predicted molar refractivity (Wildman–Crippen MR) is 72.1 cm³/mol. The van der Waals surface area contributed by atoms with Gasteiger partial charge in [-0.25, -0.2) is 0 Å². The van der Waals surface area contributed by atoms with Crippen LogP contribution in [0, 0.1) is 5.92 Å². The van der Waals surface area contributed by atoms with E-state index in [1.807, 2.05) is 6.07 Å². The molecule has 0 spiro atoms. The number of halogens is 2. The summed E-state index contributed by atoms with van der Waals surface area (Å²) in [5.74, 6) is 1.50. The second-order valence-corrected chi connectivity index (χ2v) is 5.25. The Labute approximate surface area is 112 Å². The summed E-state index contributed by atoms with van der Waals surface area (Å²) in [5, 5.41) is 4.52. The van der Waals surface area contributed by atoms with Gasteiger partial charge in [-0.3, -0.25) is 0 Å². The van der Waals surface area contributed by atoms with Gasteiger partial charge in [0.05, 0.1) is 11.6 Å². The zero-order chi connectivity index (χ0) is 12.3. The maximum absolute atomic E-state index is 6.18. The molecule has 1 saturated carbocycles. The summed E-state index contributed by atoms with van der Waals surface area (Å²) in [6, 6.07) is 3.65. The number of hydrogen-bond acceptors (Lipinski definition) is 2. The van der Waals surface area contributed by atoms with Crippen LogP contribution in [0.4, 0.5) is 0 Å². The first kappa shape index (κ1) is 13.0. The Balaban J connectivity index is 2.12. The molecule has 17 heavy (non-hydrogen) atoms. The number of ether oxygens (including phenoxy) is 1. The van der Waals surface area contributed by atoms with Crippen LogP contribution in [-0.4, -0.2) is 13.2 Å². The first-order valence-electron chi connectivity index (χ1n) is 6.02. The van der Waals surface area contributed by atoms with Gasteiger partial charge in [0.25, 0.3) is 0 Å². The van der Waals surface area contributed by atoms with Gasteiger partial charge in [-0.1, -0.05) is 30.1 Å². The van der Waals surface area contributed by atoms with Gasteiger partial charge in [-0.05, 0) is 37.4 Å². The summed E-state index contributed by atoms with van der Waals surface area (Å²) in [7, 11) is 0. The Bertz CT molecular complexity index is 391. The molecule has 0 saturated heterocycles. The van der Waals surface area contributed by atoms with Gasteiger partial charge in [-0.2, -0.15) is 0 Å². The first-order valence-corrected chi connectivity index (χ1v) is 6.77. The number of hydrogen-bond donors (Lipinski definition) is 1. The van der Waals surface area contributed by atoms with Crippen LogP contribution in [0.1, 0.15) is 25.3 Å². The molecular weight excluding hydrogens is 257 g/mol. The average molecular weight is 274 g/mol. The molecule has 0 heterocycles. The Kier molecular flexibility index (Phi) is 4.55. The van der Waals surface area contributed by atoms with Crippen LogP contribution < -0.4 is 10.1 Å². The van der Waals surface area contributed by atoms with E-state index in [0.29, 0.717) is 16.0 Å². The van der Waals surface area contributed by atoms with Crippen molar-refractivity contribution < 1.29 is 4.74 Å². The summed E-state index contributed by atoms with van der Waals surface area (Å²) in [4.78, 5) is 0. The number of rotatable bonds is 6. The van der Waals surface area contributed by atoms with E-state index in [1.165, 1.54) is 12.8 Å². The van der Waals surface area contributed by atoms with Crippen molar-refractivity contribution in [2.75, 3.05) is 13.2 Å². The summed E-state index contributed by atoms with van der Waals surface area (Å²) < 4.78 is 5.81. The number of nitrogens with one attached hydrogen (secondary N) is 1. The first-order chi connectivity index (χ1) is 8.20. The summed E-state index contributed by atoms with van der Waals surface area (Å²) >= 11 is 12.2. The Morgan fingerprint density at radius 2 is 2.12 bits per heavy atom. The number of benzene rings is 1. The van der Waals surface area contributed by atoms with Crippen molar-refractivity contribution >= 4 is 23.2 Å². The lowest BCUT2D eigenvalue weighted by atomic mass is 10.2. The van der Waals surface area contributed by atoms with Gasteiger partial charge in [0, 0.05) is 17.1 Å². The average Bonchev–Trinajstić information content (AvgIpc) is 3.08. The van der Waals surface area contributed by atoms with Crippen molar-refractivity contribution in [1.82, 2.24) is 5.32 Å². The fraction of sp³-hybridized carbons (Fsp3) is 0.538. The highest BCUT2D eigenvalue weighted by atomic mass is 35.5. The van der Waals surface area contributed by atoms with E-state index in [9.17, 15) is 0 Å². The molecule has 1 aromatic rings. The van der Waals surface area contributed by atoms with Crippen LogP contribution in [0.5, 0.6) is 5.75 Å². The van der Waals surface area contributed by atoms with E-state index >= 15 is 0 Å². The van der Waals surface area contributed by atoms with E-state index in [-0.39, 0.29) is 0 Å². The molecule has 0 bridgehead atoms. The smallest absolute Gasteiger partial charge is 0.142 e. The van der Waals surface area contributed by atoms with Crippen molar-refractivity contribution in [3.63, 3.8) is 0 Å². The highest BCUT2D eigenvalue weighted by molar-refractivity contribution is 6.35. The summed E-state index contributed by atoms with van der Waals surface area (Å²) in [6.07, 6.45) is 2.54. The van der Waals surface area contributed by atoms with E-state index in [0.717, 1.165) is 31.0 Å². The summed E-state index contributed by atoms with van der Waals surface area (Å²) in [6.45, 7) is 4.47. The summed E-state index contributed by atoms with van der Waals surface area (Å²) in [5.41, 5.74) is 1.03. The van der Waals surface area contributed by atoms with Crippen LogP contribution in [0.3, 0.4) is 0 Å². The van der Waals surface area contributed by atoms with Crippen LogP contribution >= 0.6 is 23.2 Å². The predicted octanol–water partition coefficient (Wildman–Crippen LogP) is 3.89. The van der Waals surface area contributed by atoms with E-state index < -0.39 is 0 Å². The lowest BCUT2D eigenvalue weighted by molar-refractivity contribution is 0.296. The molecule has 4 heteroatoms. The molecule has 1 aliphatic rings. The van der Waals surface area contributed by atoms with Gasteiger partial charge in [-0.15, -0.1) is 0 Å². The molecule has 0 atom stereocenters. The normalized spacial score (nSPS) is 15.0. The Morgan fingerprint density at radius 1 is 1.35 bits per heavy atom. The topological polar surface area (TPSA) is 21.3 Å². The van der Waals surface area contributed by atoms with E-state index in [1.54, 1.807) is 6.07 Å². The Morgan fingerprint density at radius 3 is 2.76 bits per heavy atom. The molecule has 1 N–H and O–H groups in total. The van der Waals surface area contributed by atoms with Gasteiger partial charge < -0.3 is 10.1 Å². The second kappa shape index (κ2) is 5.94. The third-order valence-corrected chi connectivity index (χ3v) is 3.31. The van der Waals surface area contributed by atoms with Gasteiger partial charge in [0.2, 0.25) is 0 Å². The van der Waals surface area contributed by atoms with Gasteiger partial charge in [0.1, 0.15) is 5.75 Å². The molecule has 1 fully saturated rings. The molecule has 0 aliphatic heterocycles.